The molecular formula is C14H18Br2N2O3. The molecule has 7 heteroatoms. The van der Waals surface area contributed by atoms with E-state index in [2.05, 4.69) is 37.2 Å². The summed E-state index contributed by atoms with van der Waals surface area (Å²) in [5.74, 6) is -0.570. The van der Waals surface area contributed by atoms with Crippen molar-refractivity contribution < 1.29 is 14.3 Å². The van der Waals surface area contributed by atoms with Gasteiger partial charge < -0.3 is 15.8 Å². The van der Waals surface area contributed by atoms with Gasteiger partial charge in [0, 0.05) is 15.4 Å². The second-order valence-corrected chi connectivity index (χ2v) is 6.33. The lowest BCUT2D eigenvalue weighted by molar-refractivity contribution is -0.117. The van der Waals surface area contributed by atoms with Crippen LogP contribution in [0.5, 0.6) is 0 Å². The molecule has 1 atom stereocenters. The van der Waals surface area contributed by atoms with Crippen molar-refractivity contribution in [2.75, 3.05) is 19.0 Å². The molecule has 0 saturated heterocycles. The molecule has 1 unspecified atom stereocenters. The number of nitrogens with one attached hydrogen (secondary N) is 1. The molecule has 0 aliphatic heterocycles. The van der Waals surface area contributed by atoms with E-state index in [4.69, 9.17) is 10.5 Å². The molecule has 116 valence electrons. The van der Waals surface area contributed by atoms with Crippen molar-refractivity contribution in [1.82, 2.24) is 0 Å². The van der Waals surface area contributed by atoms with E-state index >= 15 is 0 Å². The molecule has 1 aromatic rings. The molecule has 1 rings (SSSR count). The average molecular weight is 422 g/mol. The topological polar surface area (TPSA) is 81.4 Å². The normalized spacial score (nSPS) is 11.9. The van der Waals surface area contributed by atoms with Gasteiger partial charge in [-0.25, -0.2) is 4.79 Å². The lowest BCUT2D eigenvalue weighted by Crippen LogP contribution is -2.23. The SMILES string of the molecule is CCC(CN)CC(=O)Nc1c(Br)cc(Br)cc1C(=O)OC. The summed E-state index contributed by atoms with van der Waals surface area (Å²) in [6.45, 7) is 2.44. The molecule has 0 radical (unpaired) electrons. The highest BCUT2D eigenvalue weighted by molar-refractivity contribution is 9.11. The summed E-state index contributed by atoms with van der Waals surface area (Å²) >= 11 is 6.65. The second-order valence-electron chi connectivity index (χ2n) is 4.56. The van der Waals surface area contributed by atoms with Crippen molar-refractivity contribution in [2.24, 2.45) is 11.7 Å². The van der Waals surface area contributed by atoms with E-state index in [1.165, 1.54) is 7.11 Å². The van der Waals surface area contributed by atoms with Crippen LogP contribution in [0.3, 0.4) is 0 Å². The van der Waals surface area contributed by atoms with E-state index < -0.39 is 5.97 Å². The number of hydrogen-bond donors (Lipinski definition) is 2. The predicted molar refractivity (Wildman–Crippen MR) is 89.3 cm³/mol. The van der Waals surface area contributed by atoms with Crippen LogP contribution in [0.4, 0.5) is 5.69 Å². The van der Waals surface area contributed by atoms with Crippen LogP contribution in [0.1, 0.15) is 30.1 Å². The summed E-state index contributed by atoms with van der Waals surface area (Å²) in [6.07, 6.45) is 1.14. The van der Waals surface area contributed by atoms with Crippen molar-refractivity contribution in [3.63, 3.8) is 0 Å². The first-order valence-corrected chi connectivity index (χ1v) is 8.08. The number of anilines is 1. The zero-order chi connectivity index (χ0) is 16.0. The standard InChI is InChI=1S/C14H18Br2N2O3/c1-3-8(7-17)4-12(19)18-13-10(14(20)21-2)5-9(15)6-11(13)16/h5-6,8H,3-4,7,17H2,1-2H3,(H,18,19). The number of esters is 1. The molecule has 0 aliphatic carbocycles. The molecule has 0 saturated carbocycles. The van der Waals surface area contributed by atoms with E-state index in [1.807, 2.05) is 6.92 Å². The summed E-state index contributed by atoms with van der Waals surface area (Å²) in [5.41, 5.74) is 6.29. The van der Waals surface area contributed by atoms with Gasteiger partial charge in [-0.05, 0) is 40.5 Å². The number of benzene rings is 1. The largest absolute Gasteiger partial charge is 0.465 e. The van der Waals surface area contributed by atoms with Gasteiger partial charge in [0.2, 0.25) is 5.91 Å². The van der Waals surface area contributed by atoms with Crippen LogP contribution < -0.4 is 11.1 Å². The van der Waals surface area contributed by atoms with Crippen molar-refractivity contribution in [1.29, 1.82) is 0 Å². The molecule has 3 N–H and O–H groups in total. The predicted octanol–water partition coefficient (Wildman–Crippen LogP) is 3.31. The maximum absolute atomic E-state index is 12.1. The molecule has 0 heterocycles. The molecule has 21 heavy (non-hydrogen) atoms. The Hall–Kier alpha value is -0.920. The Morgan fingerprint density at radius 1 is 1.38 bits per heavy atom. The molecule has 0 aromatic heterocycles. The Balaban J connectivity index is 3.01. The van der Waals surface area contributed by atoms with Crippen molar-refractivity contribution in [3.8, 4) is 0 Å². The number of nitrogens with two attached hydrogens (primary N) is 1. The van der Waals surface area contributed by atoms with Gasteiger partial charge in [-0.1, -0.05) is 29.3 Å². The molecule has 0 aliphatic rings. The Labute approximate surface area is 140 Å². The number of amides is 1. The van der Waals surface area contributed by atoms with Gasteiger partial charge in [-0.3, -0.25) is 4.79 Å². The fourth-order valence-corrected chi connectivity index (χ4v) is 3.14. The van der Waals surface area contributed by atoms with Crippen molar-refractivity contribution in [3.05, 3.63) is 26.6 Å². The van der Waals surface area contributed by atoms with Gasteiger partial charge in [0.15, 0.2) is 0 Å². The van der Waals surface area contributed by atoms with Crippen LogP contribution in [-0.2, 0) is 9.53 Å². The smallest absolute Gasteiger partial charge is 0.340 e. The fraction of sp³-hybridized carbons (Fsp3) is 0.429. The minimum absolute atomic E-state index is 0.126. The fourth-order valence-electron chi connectivity index (χ4n) is 1.82. The highest BCUT2D eigenvalue weighted by atomic mass is 79.9. The van der Waals surface area contributed by atoms with Crippen LogP contribution in [0.2, 0.25) is 0 Å². The number of carbonyl (C=O) groups is 2. The molecule has 1 aromatic carbocycles. The Morgan fingerprint density at radius 3 is 2.57 bits per heavy atom. The quantitative estimate of drug-likeness (QED) is 0.690. The number of rotatable bonds is 6. The molecule has 5 nitrogen and oxygen atoms in total. The Bertz CT molecular complexity index is 531. The average Bonchev–Trinajstić information content (AvgIpc) is 2.46. The van der Waals surface area contributed by atoms with Crippen LogP contribution in [0.15, 0.2) is 21.1 Å². The van der Waals surface area contributed by atoms with E-state index in [1.54, 1.807) is 12.1 Å². The summed E-state index contributed by atoms with van der Waals surface area (Å²) < 4.78 is 6.05. The highest BCUT2D eigenvalue weighted by Crippen LogP contribution is 2.31. The summed E-state index contributed by atoms with van der Waals surface area (Å²) in [5, 5.41) is 2.76. The first kappa shape index (κ1) is 18.1. The highest BCUT2D eigenvalue weighted by Gasteiger charge is 2.19. The van der Waals surface area contributed by atoms with Gasteiger partial charge in [-0.15, -0.1) is 0 Å². The Morgan fingerprint density at radius 2 is 2.05 bits per heavy atom. The van der Waals surface area contributed by atoms with Gasteiger partial charge in [0.25, 0.3) is 0 Å². The molecular weight excluding hydrogens is 404 g/mol. The van der Waals surface area contributed by atoms with Crippen LogP contribution in [-0.4, -0.2) is 25.5 Å². The van der Waals surface area contributed by atoms with Crippen molar-refractivity contribution in [2.45, 2.75) is 19.8 Å². The first-order chi connectivity index (χ1) is 9.92. The third kappa shape index (κ3) is 5.09. The minimum Gasteiger partial charge on any atom is -0.465 e. The van der Waals surface area contributed by atoms with E-state index in [9.17, 15) is 9.59 Å². The van der Waals surface area contributed by atoms with Crippen LogP contribution in [0.25, 0.3) is 0 Å². The van der Waals surface area contributed by atoms with Crippen LogP contribution >= 0.6 is 31.9 Å². The number of hydrogen-bond acceptors (Lipinski definition) is 4. The third-order valence-electron chi connectivity index (χ3n) is 3.11. The zero-order valence-corrected chi connectivity index (χ0v) is 15.1. The van der Waals surface area contributed by atoms with E-state index in [0.717, 1.165) is 6.42 Å². The zero-order valence-electron chi connectivity index (χ0n) is 11.9. The minimum atomic E-state index is -0.516. The molecule has 0 fully saturated rings. The maximum Gasteiger partial charge on any atom is 0.340 e. The lowest BCUT2D eigenvalue weighted by atomic mass is 10.0. The monoisotopic (exact) mass is 420 g/mol. The summed E-state index contributed by atoms with van der Waals surface area (Å²) in [4.78, 5) is 23.9. The number of ether oxygens (including phenoxy) is 1. The van der Waals surface area contributed by atoms with E-state index in [0.29, 0.717) is 27.6 Å². The molecule has 0 bridgehead atoms. The second kappa shape index (κ2) is 8.51. The maximum atomic E-state index is 12.1. The van der Waals surface area contributed by atoms with Gasteiger partial charge in [0.1, 0.15) is 0 Å². The molecule has 1 amide bonds. The summed E-state index contributed by atoms with van der Waals surface area (Å²) in [6, 6.07) is 3.36. The van der Waals surface area contributed by atoms with Gasteiger partial charge >= 0.3 is 5.97 Å². The number of methoxy groups -OCH3 is 1. The van der Waals surface area contributed by atoms with Crippen LogP contribution in [0, 0.1) is 5.92 Å². The third-order valence-corrected chi connectivity index (χ3v) is 4.19. The molecule has 0 spiro atoms. The van der Waals surface area contributed by atoms with E-state index in [-0.39, 0.29) is 17.4 Å². The lowest BCUT2D eigenvalue weighted by Gasteiger charge is -2.15. The number of carbonyl (C=O) groups excluding carboxylic acids is 2. The van der Waals surface area contributed by atoms with Crippen molar-refractivity contribution >= 4 is 49.4 Å². The van der Waals surface area contributed by atoms with Gasteiger partial charge in [0.05, 0.1) is 18.4 Å². The summed E-state index contributed by atoms with van der Waals surface area (Å²) in [7, 11) is 1.30. The van der Waals surface area contributed by atoms with Gasteiger partial charge in [-0.2, -0.15) is 0 Å². The number of halogens is 2. The Kier molecular flexibility index (Phi) is 7.34. The first-order valence-electron chi connectivity index (χ1n) is 6.50.